The van der Waals surface area contributed by atoms with Crippen LogP contribution in [0.4, 0.5) is 5.82 Å². The Labute approximate surface area is 107 Å². The van der Waals surface area contributed by atoms with Gasteiger partial charge in [0, 0.05) is 39.3 Å². The molecule has 0 aliphatic carbocycles. The summed E-state index contributed by atoms with van der Waals surface area (Å²) in [5, 5.41) is 6.91. The van der Waals surface area contributed by atoms with Crippen molar-refractivity contribution in [3.05, 3.63) is 12.3 Å². The molecular weight excluding hydrogens is 230 g/mol. The summed E-state index contributed by atoms with van der Waals surface area (Å²) in [6.45, 7) is 2.87. The Bertz CT molecular complexity index is 395. The zero-order valence-corrected chi connectivity index (χ0v) is 10.8. The number of carbonyl (C=O) groups excluding carboxylic acids is 1. The van der Waals surface area contributed by atoms with Gasteiger partial charge in [-0.2, -0.15) is 5.10 Å². The first-order valence-electron chi connectivity index (χ1n) is 6.42. The van der Waals surface area contributed by atoms with Gasteiger partial charge in [0.15, 0.2) is 0 Å². The van der Waals surface area contributed by atoms with E-state index in [2.05, 4.69) is 15.3 Å². The lowest BCUT2D eigenvalue weighted by atomic mass is 10.1. The first kappa shape index (κ1) is 12.9. The van der Waals surface area contributed by atoms with Gasteiger partial charge in [0.1, 0.15) is 5.82 Å². The number of aromatic nitrogens is 2. The van der Waals surface area contributed by atoms with Crippen molar-refractivity contribution in [2.24, 2.45) is 0 Å². The summed E-state index contributed by atoms with van der Waals surface area (Å²) in [6, 6.07) is 2.27. The van der Waals surface area contributed by atoms with E-state index in [1.165, 1.54) is 0 Å². The molecule has 6 heteroatoms. The van der Waals surface area contributed by atoms with Crippen molar-refractivity contribution in [3.8, 4) is 0 Å². The maximum atomic E-state index is 11.2. The second kappa shape index (κ2) is 5.86. The van der Waals surface area contributed by atoms with Crippen LogP contribution < -0.4 is 11.1 Å². The minimum Gasteiger partial charge on any atom is -0.382 e. The number of carbonyl (C=O) groups is 1. The van der Waals surface area contributed by atoms with E-state index in [1.54, 1.807) is 7.05 Å². The molecule has 1 aliphatic heterocycles. The van der Waals surface area contributed by atoms with Crippen LogP contribution in [0.25, 0.3) is 0 Å². The number of nitrogens with zero attached hydrogens (tertiary/aromatic N) is 3. The second-order valence-electron chi connectivity index (χ2n) is 4.72. The number of likely N-dealkylation sites (tertiary alicyclic amines) is 1. The average Bonchev–Trinajstić information content (AvgIpc) is 2.83. The molecule has 0 saturated carbocycles. The lowest BCUT2D eigenvalue weighted by Crippen LogP contribution is -2.37. The van der Waals surface area contributed by atoms with E-state index in [0.717, 1.165) is 32.5 Å². The van der Waals surface area contributed by atoms with Crippen molar-refractivity contribution in [2.45, 2.75) is 25.3 Å². The summed E-state index contributed by atoms with van der Waals surface area (Å²) in [4.78, 5) is 13.5. The zero-order chi connectivity index (χ0) is 13.0. The summed E-state index contributed by atoms with van der Waals surface area (Å²) >= 11 is 0. The third kappa shape index (κ3) is 3.22. The molecule has 1 aromatic heterocycles. The van der Waals surface area contributed by atoms with Crippen molar-refractivity contribution >= 4 is 11.7 Å². The van der Waals surface area contributed by atoms with Crippen LogP contribution in [0, 0.1) is 0 Å². The summed E-state index contributed by atoms with van der Waals surface area (Å²) in [5.41, 5.74) is 5.62. The summed E-state index contributed by atoms with van der Waals surface area (Å²) in [5.74, 6) is 0.689. The number of hydrogen-bond acceptors (Lipinski definition) is 4. The SMILES string of the molecule is CNC(=O)CCN1CCC(n2ccc(N)n2)CC1. The fourth-order valence-electron chi connectivity index (χ4n) is 2.35. The van der Waals surface area contributed by atoms with Gasteiger partial charge >= 0.3 is 0 Å². The maximum Gasteiger partial charge on any atom is 0.221 e. The standard InChI is InChI=1S/C12H21N5O/c1-14-12(18)5-8-16-6-2-10(3-7-16)17-9-4-11(13)15-17/h4,9-10H,2-3,5-8H2,1H3,(H2,13,15)(H,14,18). The maximum absolute atomic E-state index is 11.2. The molecule has 100 valence electrons. The summed E-state index contributed by atoms with van der Waals surface area (Å²) < 4.78 is 1.96. The van der Waals surface area contributed by atoms with Crippen LogP contribution in [0.15, 0.2) is 12.3 Å². The number of anilines is 1. The molecular formula is C12H21N5O. The fraction of sp³-hybridized carbons (Fsp3) is 0.667. The van der Waals surface area contributed by atoms with Crippen LogP contribution in [0.2, 0.25) is 0 Å². The Hall–Kier alpha value is -1.56. The quantitative estimate of drug-likeness (QED) is 0.803. The molecule has 0 aromatic carbocycles. The predicted octanol–water partition coefficient (Wildman–Crippen LogP) is 0.238. The third-order valence-electron chi connectivity index (χ3n) is 3.49. The van der Waals surface area contributed by atoms with Gasteiger partial charge < -0.3 is 16.0 Å². The van der Waals surface area contributed by atoms with Gasteiger partial charge in [0.05, 0.1) is 6.04 Å². The molecule has 0 bridgehead atoms. The van der Waals surface area contributed by atoms with Crippen molar-refractivity contribution in [2.75, 3.05) is 32.4 Å². The number of piperidine rings is 1. The minimum atomic E-state index is 0.108. The van der Waals surface area contributed by atoms with Crippen molar-refractivity contribution in [1.82, 2.24) is 20.0 Å². The average molecular weight is 251 g/mol. The van der Waals surface area contributed by atoms with Crippen LogP contribution >= 0.6 is 0 Å². The fourth-order valence-corrected chi connectivity index (χ4v) is 2.35. The van der Waals surface area contributed by atoms with Gasteiger partial charge in [0.2, 0.25) is 5.91 Å². The normalized spacial score (nSPS) is 17.8. The van der Waals surface area contributed by atoms with E-state index in [0.29, 0.717) is 18.3 Å². The van der Waals surface area contributed by atoms with Gasteiger partial charge in [-0.1, -0.05) is 0 Å². The molecule has 6 nitrogen and oxygen atoms in total. The van der Waals surface area contributed by atoms with Crippen LogP contribution in [-0.4, -0.2) is 47.3 Å². The van der Waals surface area contributed by atoms with Gasteiger partial charge in [-0.05, 0) is 18.9 Å². The predicted molar refractivity (Wildman–Crippen MR) is 70.0 cm³/mol. The van der Waals surface area contributed by atoms with Gasteiger partial charge in [-0.25, -0.2) is 0 Å². The van der Waals surface area contributed by atoms with Crippen molar-refractivity contribution < 1.29 is 4.79 Å². The summed E-state index contributed by atoms with van der Waals surface area (Å²) in [7, 11) is 1.68. The van der Waals surface area contributed by atoms with Gasteiger partial charge in [-0.3, -0.25) is 9.48 Å². The Morgan fingerprint density at radius 1 is 1.56 bits per heavy atom. The van der Waals surface area contributed by atoms with Gasteiger partial charge in [-0.15, -0.1) is 0 Å². The third-order valence-corrected chi connectivity index (χ3v) is 3.49. The molecule has 1 amide bonds. The van der Waals surface area contributed by atoms with E-state index in [-0.39, 0.29) is 5.91 Å². The van der Waals surface area contributed by atoms with Crippen LogP contribution in [-0.2, 0) is 4.79 Å². The highest BCUT2D eigenvalue weighted by Crippen LogP contribution is 2.22. The van der Waals surface area contributed by atoms with E-state index >= 15 is 0 Å². The number of nitrogens with two attached hydrogens (primary N) is 1. The van der Waals surface area contributed by atoms with E-state index in [1.807, 2.05) is 16.9 Å². The van der Waals surface area contributed by atoms with Crippen molar-refractivity contribution in [1.29, 1.82) is 0 Å². The largest absolute Gasteiger partial charge is 0.382 e. The minimum absolute atomic E-state index is 0.108. The van der Waals surface area contributed by atoms with E-state index < -0.39 is 0 Å². The lowest BCUT2D eigenvalue weighted by molar-refractivity contribution is -0.121. The smallest absolute Gasteiger partial charge is 0.221 e. The number of amides is 1. The molecule has 1 saturated heterocycles. The van der Waals surface area contributed by atoms with Gasteiger partial charge in [0.25, 0.3) is 0 Å². The number of rotatable bonds is 4. The molecule has 0 atom stereocenters. The molecule has 1 aromatic rings. The Morgan fingerprint density at radius 2 is 2.28 bits per heavy atom. The molecule has 2 rings (SSSR count). The molecule has 2 heterocycles. The topological polar surface area (TPSA) is 76.2 Å². The van der Waals surface area contributed by atoms with Crippen molar-refractivity contribution in [3.63, 3.8) is 0 Å². The first-order valence-corrected chi connectivity index (χ1v) is 6.42. The second-order valence-corrected chi connectivity index (χ2v) is 4.72. The molecule has 0 radical (unpaired) electrons. The Balaban J connectivity index is 1.76. The molecule has 3 N–H and O–H groups in total. The van der Waals surface area contributed by atoms with E-state index in [9.17, 15) is 4.79 Å². The number of nitrogens with one attached hydrogen (secondary N) is 1. The monoisotopic (exact) mass is 251 g/mol. The highest BCUT2D eigenvalue weighted by Gasteiger charge is 2.21. The molecule has 18 heavy (non-hydrogen) atoms. The van der Waals surface area contributed by atoms with Crippen LogP contribution in [0.5, 0.6) is 0 Å². The van der Waals surface area contributed by atoms with E-state index in [4.69, 9.17) is 5.73 Å². The van der Waals surface area contributed by atoms with Crippen LogP contribution in [0.1, 0.15) is 25.3 Å². The Kier molecular flexibility index (Phi) is 4.19. The number of nitrogen functional groups attached to an aromatic ring is 1. The highest BCUT2D eigenvalue weighted by molar-refractivity contribution is 5.75. The molecule has 1 fully saturated rings. The summed E-state index contributed by atoms with van der Waals surface area (Å²) in [6.07, 6.45) is 4.65. The molecule has 1 aliphatic rings. The molecule has 0 spiro atoms. The lowest BCUT2D eigenvalue weighted by Gasteiger charge is -2.31. The molecule has 0 unspecified atom stereocenters. The first-order chi connectivity index (χ1) is 8.69. The number of hydrogen-bond donors (Lipinski definition) is 2. The van der Waals surface area contributed by atoms with Crippen LogP contribution in [0.3, 0.4) is 0 Å². The highest BCUT2D eigenvalue weighted by atomic mass is 16.1. The Morgan fingerprint density at radius 3 is 2.83 bits per heavy atom. The zero-order valence-electron chi connectivity index (χ0n) is 10.8.